The van der Waals surface area contributed by atoms with E-state index < -0.39 is 24.2 Å². The molecule has 0 radical (unpaired) electrons. The molecule has 4 N–H and O–H groups in total. The summed E-state index contributed by atoms with van der Waals surface area (Å²) in [6.07, 6.45) is -0.185. The third-order valence-corrected chi connectivity index (χ3v) is 2.18. The SMILES string of the molecule is O=C1NC(O)=[NH+]C(O)C1N=Nc1cccc[n+]1[O-]. The summed E-state index contributed by atoms with van der Waals surface area (Å²) in [4.78, 5) is 13.6. The molecular formula is C9H10N5O4+. The Morgan fingerprint density at radius 2 is 2.28 bits per heavy atom. The molecule has 2 rings (SSSR count). The highest BCUT2D eigenvalue weighted by Gasteiger charge is 2.39. The van der Waals surface area contributed by atoms with Crippen molar-refractivity contribution in [2.75, 3.05) is 0 Å². The fourth-order valence-electron chi connectivity index (χ4n) is 1.32. The average molecular weight is 252 g/mol. The van der Waals surface area contributed by atoms with Crippen LogP contribution in [0.3, 0.4) is 0 Å². The number of hydrogen-bond acceptors (Lipinski definition) is 5. The number of aromatic nitrogens is 1. The minimum absolute atomic E-state index is 0.0173. The zero-order valence-corrected chi connectivity index (χ0v) is 9.02. The van der Waals surface area contributed by atoms with Crippen molar-refractivity contribution in [2.24, 2.45) is 10.2 Å². The van der Waals surface area contributed by atoms with Gasteiger partial charge in [-0.05, 0) is 6.07 Å². The molecule has 0 spiro atoms. The maximum atomic E-state index is 11.4. The van der Waals surface area contributed by atoms with Gasteiger partial charge in [-0.25, -0.2) is 14.5 Å². The van der Waals surface area contributed by atoms with Gasteiger partial charge < -0.3 is 15.4 Å². The van der Waals surface area contributed by atoms with E-state index in [2.05, 4.69) is 15.2 Å². The third-order valence-electron chi connectivity index (χ3n) is 2.18. The highest BCUT2D eigenvalue weighted by molar-refractivity contribution is 5.95. The largest absolute Gasteiger partial charge is 0.710 e. The van der Waals surface area contributed by atoms with Gasteiger partial charge in [-0.3, -0.25) is 0 Å². The fourth-order valence-corrected chi connectivity index (χ4v) is 1.32. The second kappa shape index (κ2) is 4.75. The molecule has 0 bridgehead atoms. The third kappa shape index (κ3) is 2.40. The van der Waals surface area contributed by atoms with Crippen molar-refractivity contribution in [3.8, 4) is 0 Å². The molecular weight excluding hydrogens is 242 g/mol. The van der Waals surface area contributed by atoms with Crippen LogP contribution in [0.4, 0.5) is 5.82 Å². The second-order valence-corrected chi connectivity index (χ2v) is 3.47. The summed E-state index contributed by atoms with van der Waals surface area (Å²) in [5.41, 5.74) is 0. The van der Waals surface area contributed by atoms with Crippen LogP contribution in [0, 0.1) is 5.21 Å². The van der Waals surface area contributed by atoms with E-state index in [1.165, 1.54) is 18.3 Å². The van der Waals surface area contributed by atoms with Gasteiger partial charge >= 0.3 is 17.7 Å². The van der Waals surface area contributed by atoms with Gasteiger partial charge in [0.25, 0.3) is 6.04 Å². The summed E-state index contributed by atoms with van der Waals surface area (Å²) in [5.74, 6) is -0.743. The van der Waals surface area contributed by atoms with Gasteiger partial charge in [0, 0.05) is 6.07 Å². The normalized spacial score (nSPS) is 23.8. The predicted octanol–water partition coefficient (Wildman–Crippen LogP) is -2.78. The summed E-state index contributed by atoms with van der Waals surface area (Å²) in [6, 6.07) is 2.69. The highest BCUT2D eigenvalue weighted by atomic mass is 16.5. The molecule has 0 aliphatic carbocycles. The first kappa shape index (κ1) is 11.9. The van der Waals surface area contributed by atoms with Crippen LogP contribution < -0.4 is 15.0 Å². The molecule has 0 saturated carbocycles. The van der Waals surface area contributed by atoms with E-state index in [0.717, 1.165) is 0 Å². The van der Waals surface area contributed by atoms with Gasteiger partial charge in [-0.1, -0.05) is 11.2 Å². The summed E-state index contributed by atoms with van der Waals surface area (Å²) in [5, 5.41) is 38.9. The Morgan fingerprint density at radius 1 is 1.50 bits per heavy atom. The molecule has 1 aromatic rings. The van der Waals surface area contributed by atoms with Gasteiger partial charge in [0.05, 0.1) is 11.3 Å². The van der Waals surface area contributed by atoms with E-state index in [1.807, 2.05) is 5.32 Å². The van der Waals surface area contributed by atoms with Crippen molar-refractivity contribution in [1.82, 2.24) is 5.32 Å². The Balaban J connectivity index is 2.19. The monoisotopic (exact) mass is 252 g/mol. The number of hydrogen-bond donors (Lipinski definition) is 4. The predicted molar refractivity (Wildman–Crippen MR) is 56.5 cm³/mol. The number of rotatable bonds is 2. The number of aliphatic hydroxyl groups is 2. The van der Waals surface area contributed by atoms with Crippen LogP contribution in [0.25, 0.3) is 0 Å². The second-order valence-electron chi connectivity index (χ2n) is 3.47. The molecule has 94 valence electrons. The van der Waals surface area contributed by atoms with Gasteiger partial charge in [0.1, 0.15) is 0 Å². The van der Waals surface area contributed by atoms with Crippen LogP contribution in [-0.2, 0) is 4.79 Å². The van der Waals surface area contributed by atoms with Gasteiger partial charge in [-0.2, -0.15) is 5.32 Å². The Bertz CT molecular complexity index is 529. The number of azo groups is 1. The first-order chi connectivity index (χ1) is 8.58. The van der Waals surface area contributed by atoms with Gasteiger partial charge in [-0.15, -0.1) is 0 Å². The molecule has 1 aromatic heterocycles. The molecule has 2 atom stereocenters. The Morgan fingerprint density at radius 3 is 2.94 bits per heavy atom. The standard InChI is InChI=1S/C9H9N5O4/c15-7-6(8(16)11-9(17)10-7)13-12-5-3-1-2-4-14(5)18/h1-4,6-7,15H,(H2,10,11,16,17)/p+1. The van der Waals surface area contributed by atoms with Crippen LogP contribution in [0.15, 0.2) is 34.6 Å². The maximum absolute atomic E-state index is 11.4. The van der Waals surface area contributed by atoms with E-state index in [1.54, 1.807) is 6.07 Å². The number of carbonyl (C=O) groups excluding carboxylic acids is 1. The zero-order chi connectivity index (χ0) is 13.1. The van der Waals surface area contributed by atoms with E-state index in [0.29, 0.717) is 4.73 Å². The first-order valence-corrected chi connectivity index (χ1v) is 4.98. The maximum Gasteiger partial charge on any atom is 0.449 e. The Kier molecular flexibility index (Phi) is 3.15. The highest BCUT2D eigenvalue weighted by Crippen LogP contribution is 2.06. The lowest BCUT2D eigenvalue weighted by molar-refractivity contribution is -0.592. The van der Waals surface area contributed by atoms with Crippen LogP contribution >= 0.6 is 0 Å². The van der Waals surface area contributed by atoms with Crippen LogP contribution in [0.5, 0.6) is 0 Å². The summed E-state index contributed by atoms with van der Waals surface area (Å²) < 4.78 is 0.466. The van der Waals surface area contributed by atoms with E-state index >= 15 is 0 Å². The molecule has 1 aliphatic heterocycles. The van der Waals surface area contributed by atoms with Crippen molar-refractivity contribution < 1.29 is 24.7 Å². The molecule has 1 amide bonds. The van der Waals surface area contributed by atoms with Crippen molar-refractivity contribution in [3.05, 3.63) is 29.6 Å². The Labute approximate surface area is 101 Å². The lowest BCUT2D eigenvalue weighted by atomic mass is 10.2. The molecule has 0 saturated heterocycles. The number of pyridine rings is 1. The van der Waals surface area contributed by atoms with E-state index in [9.17, 15) is 15.1 Å². The molecule has 18 heavy (non-hydrogen) atoms. The van der Waals surface area contributed by atoms with Crippen LogP contribution in [-0.4, -0.2) is 34.4 Å². The topological polar surface area (TPSA) is 135 Å². The quantitative estimate of drug-likeness (QED) is 0.257. The van der Waals surface area contributed by atoms with E-state index in [4.69, 9.17) is 5.11 Å². The molecule has 9 heteroatoms. The van der Waals surface area contributed by atoms with Gasteiger partial charge in [0.2, 0.25) is 6.23 Å². The number of carbonyl (C=O) groups is 1. The van der Waals surface area contributed by atoms with E-state index in [-0.39, 0.29) is 5.82 Å². The van der Waals surface area contributed by atoms with Crippen molar-refractivity contribution in [1.29, 1.82) is 0 Å². The first-order valence-electron chi connectivity index (χ1n) is 4.98. The summed E-state index contributed by atoms with van der Waals surface area (Å²) in [7, 11) is 0. The average Bonchev–Trinajstić information content (AvgIpc) is 2.30. The minimum atomic E-state index is -1.41. The summed E-state index contributed by atoms with van der Waals surface area (Å²) >= 11 is 0. The lowest BCUT2D eigenvalue weighted by Crippen LogP contribution is -2.89. The van der Waals surface area contributed by atoms with Crippen molar-refractivity contribution in [3.63, 3.8) is 0 Å². The molecule has 2 heterocycles. The van der Waals surface area contributed by atoms with Crippen molar-refractivity contribution in [2.45, 2.75) is 12.3 Å². The molecule has 1 aliphatic rings. The Hall–Kier alpha value is -2.55. The fraction of sp³-hybridized carbons (Fsp3) is 0.222. The molecule has 0 aromatic carbocycles. The minimum Gasteiger partial charge on any atom is -0.710 e. The number of amidine groups is 1. The number of aliphatic hydroxyl groups excluding tert-OH is 2. The molecule has 9 nitrogen and oxygen atoms in total. The molecule has 0 fully saturated rings. The number of nitrogens with one attached hydrogen (secondary N) is 2. The number of amides is 1. The lowest BCUT2D eigenvalue weighted by Gasteiger charge is -2.11. The van der Waals surface area contributed by atoms with Crippen LogP contribution in [0.1, 0.15) is 0 Å². The van der Waals surface area contributed by atoms with Crippen LogP contribution in [0.2, 0.25) is 0 Å². The zero-order valence-electron chi connectivity index (χ0n) is 9.02. The van der Waals surface area contributed by atoms with Gasteiger partial charge in [0.15, 0.2) is 0 Å². The smallest absolute Gasteiger partial charge is 0.449 e. The molecule has 2 unspecified atom stereocenters. The number of nitrogens with zero attached hydrogens (tertiary/aromatic N) is 3. The van der Waals surface area contributed by atoms with Crippen molar-refractivity contribution >= 4 is 17.7 Å². The summed E-state index contributed by atoms with van der Waals surface area (Å²) in [6.45, 7) is 0.